The average Bonchev–Trinajstić information content (AvgIpc) is 2.10. The van der Waals surface area contributed by atoms with Crippen LogP contribution in [0.1, 0.15) is 30.9 Å². The third-order valence-electron chi connectivity index (χ3n) is 1.53. The summed E-state index contributed by atoms with van der Waals surface area (Å²) in [5.74, 6) is 0.863. The lowest BCUT2D eigenvalue weighted by Gasteiger charge is -2.00. The minimum atomic E-state index is 0.863. The van der Waals surface area contributed by atoms with Crippen LogP contribution >= 0.6 is 0 Å². The zero-order chi connectivity index (χ0) is 10.3. The number of hydrogen-bond acceptors (Lipinski definition) is 2. The summed E-state index contributed by atoms with van der Waals surface area (Å²) in [4.78, 5) is 8.36. The lowest BCUT2D eigenvalue weighted by atomic mass is 10.2. The maximum atomic E-state index is 4.28. The van der Waals surface area contributed by atoms with E-state index >= 15 is 0 Å². The summed E-state index contributed by atoms with van der Waals surface area (Å²) in [6.07, 6.45) is 4.62. The number of rotatable bonds is 1. The largest absolute Gasteiger partial charge is 0.241 e. The summed E-state index contributed by atoms with van der Waals surface area (Å²) in [6, 6.07) is 0. The molecule has 0 aliphatic carbocycles. The Kier molecular flexibility index (Phi) is 5.77. The fraction of sp³-hybridized carbons (Fsp3) is 0.455. The van der Waals surface area contributed by atoms with E-state index in [1.165, 1.54) is 5.56 Å². The normalized spacial score (nSPS) is 8.62. The van der Waals surface area contributed by atoms with Gasteiger partial charge < -0.3 is 0 Å². The first-order valence-electron chi connectivity index (χ1n) is 4.51. The van der Waals surface area contributed by atoms with Crippen molar-refractivity contribution in [3.05, 3.63) is 35.9 Å². The van der Waals surface area contributed by atoms with Gasteiger partial charge in [0.2, 0.25) is 0 Å². The molecule has 0 saturated heterocycles. The molecule has 13 heavy (non-hydrogen) atoms. The molecule has 0 fully saturated rings. The molecular formula is C11H18N2. The molecule has 2 heteroatoms. The summed E-state index contributed by atoms with van der Waals surface area (Å²) in [6.45, 7) is 11.3. The van der Waals surface area contributed by atoms with Crippen molar-refractivity contribution >= 4 is 0 Å². The molecule has 0 aliphatic heterocycles. The molecule has 1 aromatic rings. The standard InChI is InChI=1S/C8H12N2.C3H6/c1-4-8-6(2)5-9-7(3)10-8;1-3-2/h5H,4H2,1-3H3;3H,1H2,2H3. The van der Waals surface area contributed by atoms with Crippen LogP contribution in [0.5, 0.6) is 0 Å². The fourth-order valence-electron chi connectivity index (χ4n) is 0.935. The van der Waals surface area contributed by atoms with Crippen LogP contribution in [0.15, 0.2) is 18.9 Å². The molecule has 1 heterocycles. The molecular weight excluding hydrogens is 160 g/mol. The minimum absolute atomic E-state index is 0.863. The van der Waals surface area contributed by atoms with Crippen molar-refractivity contribution in [3.63, 3.8) is 0 Å². The summed E-state index contributed by atoms with van der Waals surface area (Å²) >= 11 is 0. The van der Waals surface area contributed by atoms with Crippen LogP contribution in [0.3, 0.4) is 0 Å². The quantitative estimate of drug-likeness (QED) is 0.618. The highest BCUT2D eigenvalue weighted by atomic mass is 14.9. The van der Waals surface area contributed by atoms with Gasteiger partial charge in [0.05, 0.1) is 0 Å². The van der Waals surface area contributed by atoms with Crippen LogP contribution in [-0.2, 0) is 6.42 Å². The third kappa shape index (κ3) is 4.41. The first-order valence-corrected chi connectivity index (χ1v) is 4.51. The van der Waals surface area contributed by atoms with Gasteiger partial charge in [0.15, 0.2) is 0 Å². The Labute approximate surface area is 80.7 Å². The molecule has 0 radical (unpaired) electrons. The van der Waals surface area contributed by atoms with Crippen LogP contribution in [0, 0.1) is 13.8 Å². The highest BCUT2D eigenvalue weighted by molar-refractivity contribution is 5.14. The molecule has 72 valence electrons. The predicted octanol–water partition coefficient (Wildman–Crippen LogP) is 2.85. The maximum Gasteiger partial charge on any atom is 0.125 e. The second-order valence-electron chi connectivity index (χ2n) is 2.81. The second-order valence-corrected chi connectivity index (χ2v) is 2.81. The molecule has 0 N–H and O–H groups in total. The molecule has 0 amide bonds. The lowest BCUT2D eigenvalue weighted by Crippen LogP contribution is -1.96. The van der Waals surface area contributed by atoms with Crippen molar-refractivity contribution in [1.82, 2.24) is 9.97 Å². The summed E-state index contributed by atoms with van der Waals surface area (Å²) in [7, 11) is 0. The summed E-state index contributed by atoms with van der Waals surface area (Å²) in [5.41, 5.74) is 2.35. The Morgan fingerprint density at radius 2 is 2.00 bits per heavy atom. The summed E-state index contributed by atoms with van der Waals surface area (Å²) < 4.78 is 0. The Morgan fingerprint density at radius 3 is 2.38 bits per heavy atom. The number of aromatic nitrogens is 2. The number of nitrogens with zero attached hydrogens (tertiary/aromatic N) is 2. The van der Waals surface area contributed by atoms with E-state index in [4.69, 9.17) is 0 Å². The van der Waals surface area contributed by atoms with E-state index in [0.29, 0.717) is 0 Å². The van der Waals surface area contributed by atoms with Crippen LogP contribution in [-0.4, -0.2) is 9.97 Å². The van der Waals surface area contributed by atoms with Gasteiger partial charge in [-0.05, 0) is 32.8 Å². The molecule has 1 rings (SSSR count). The molecule has 0 unspecified atom stereocenters. The molecule has 1 aromatic heterocycles. The highest BCUT2D eigenvalue weighted by Gasteiger charge is 1.96. The van der Waals surface area contributed by atoms with Gasteiger partial charge in [0.1, 0.15) is 5.82 Å². The van der Waals surface area contributed by atoms with Gasteiger partial charge in [-0.15, -0.1) is 6.58 Å². The Bertz CT molecular complexity index is 267. The minimum Gasteiger partial charge on any atom is -0.241 e. The van der Waals surface area contributed by atoms with Gasteiger partial charge in [-0.3, -0.25) is 0 Å². The Hall–Kier alpha value is -1.18. The van der Waals surface area contributed by atoms with E-state index in [0.717, 1.165) is 17.9 Å². The van der Waals surface area contributed by atoms with Crippen molar-refractivity contribution in [2.75, 3.05) is 0 Å². The van der Waals surface area contributed by atoms with E-state index < -0.39 is 0 Å². The maximum absolute atomic E-state index is 4.28. The van der Waals surface area contributed by atoms with E-state index in [9.17, 15) is 0 Å². The molecule has 0 spiro atoms. The van der Waals surface area contributed by atoms with Gasteiger partial charge >= 0.3 is 0 Å². The van der Waals surface area contributed by atoms with E-state index in [-0.39, 0.29) is 0 Å². The molecule has 0 bridgehead atoms. The number of allylic oxidation sites excluding steroid dienone is 1. The van der Waals surface area contributed by atoms with Gasteiger partial charge in [-0.25, -0.2) is 9.97 Å². The first kappa shape index (κ1) is 11.8. The molecule has 0 aromatic carbocycles. The molecule has 0 saturated carbocycles. The molecule has 2 nitrogen and oxygen atoms in total. The van der Waals surface area contributed by atoms with Gasteiger partial charge in [-0.1, -0.05) is 13.0 Å². The third-order valence-corrected chi connectivity index (χ3v) is 1.53. The van der Waals surface area contributed by atoms with Crippen LogP contribution in [0.2, 0.25) is 0 Å². The topological polar surface area (TPSA) is 25.8 Å². The molecule has 0 atom stereocenters. The SMILES string of the molecule is C=CC.CCc1nc(C)ncc1C. The zero-order valence-electron chi connectivity index (χ0n) is 8.96. The number of hydrogen-bond donors (Lipinski definition) is 0. The van der Waals surface area contributed by atoms with Gasteiger partial charge in [0, 0.05) is 11.9 Å². The van der Waals surface area contributed by atoms with Gasteiger partial charge in [0.25, 0.3) is 0 Å². The predicted molar refractivity (Wildman–Crippen MR) is 56.8 cm³/mol. The molecule has 0 aliphatic rings. The van der Waals surface area contributed by atoms with E-state index in [1.54, 1.807) is 6.08 Å². The van der Waals surface area contributed by atoms with Crippen molar-refractivity contribution in [1.29, 1.82) is 0 Å². The van der Waals surface area contributed by atoms with E-state index in [1.807, 2.05) is 27.0 Å². The zero-order valence-corrected chi connectivity index (χ0v) is 8.96. The van der Waals surface area contributed by atoms with Crippen molar-refractivity contribution < 1.29 is 0 Å². The van der Waals surface area contributed by atoms with Gasteiger partial charge in [-0.2, -0.15) is 0 Å². The van der Waals surface area contributed by atoms with Crippen molar-refractivity contribution in [2.24, 2.45) is 0 Å². The summed E-state index contributed by atoms with van der Waals surface area (Å²) in [5, 5.41) is 0. The highest BCUT2D eigenvalue weighted by Crippen LogP contribution is 2.02. The van der Waals surface area contributed by atoms with Crippen molar-refractivity contribution in [3.8, 4) is 0 Å². The fourth-order valence-corrected chi connectivity index (χ4v) is 0.935. The number of aryl methyl sites for hydroxylation is 3. The van der Waals surface area contributed by atoms with E-state index in [2.05, 4.69) is 23.5 Å². The second kappa shape index (κ2) is 6.35. The Balaban J connectivity index is 0.000000424. The van der Waals surface area contributed by atoms with Crippen LogP contribution in [0.4, 0.5) is 0 Å². The monoisotopic (exact) mass is 178 g/mol. The lowest BCUT2D eigenvalue weighted by molar-refractivity contribution is 0.926. The average molecular weight is 178 g/mol. The van der Waals surface area contributed by atoms with Crippen LogP contribution in [0.25, 0.3) is 0 Å². The first-order chi connectivity index (χ1) is 6.15. The van der Waals surface area contributed by atoms with Crippen LogP contribution < -0.4 is 0 Å². The van der Waals surface area contributed by atoms with Crippen molar-refractivity contribution in [2.45, 2.75) is 34.1 Å². The Morgan fingerprint density at radius 1 is 1.46 bits per heavy atom. The smallest absolute Gasteiger partial charge is 0.125 e.